The molecule has 4 nitrogen and oxygen atoms in total. The molecule has 2 aliphatic rings. The molecule has 0 atom stereocenters. The van der Waals surface area contributed by atoms with Gasteiger partial charge >= 0.3 is 5.66 Å². The van der Waals surface area contributed by atoms with Crippen molar-refractivity contribution in [3.05, 3.63) is 0 Å². The number of hydrogen-bond donors (Lipinski definition) is 0. The van der Waals surface area contributed by atoms with Gasteiger partial charge in [-0.2, -0.15) is 0 Å². The quantitative estimate of drug-likeness (QED) is 0.506. The second-order valence-electron chi connectivity index (χ2n) is 4.24. The van der Waals surface area contributed by atoms with Gasteiger partial charge in [0.1, 0.15) is 0 Å². The van der Waals surface area contributed by atoms with Gasteiger partial charge in [0.15, 0.2) is 11.6 Å². The summed E-state index contributed by atoms with van der Waals surface area (Å²) >= 11 is 0. The van der Waals surface area contributed by atoms with Crippen LogP contribution < -0.4 is 0 Å². The van der Waals surface area contributed by atoms with E-state index in [1.165, 1.54) is 0 Å². The van der Waals surface area contributed by atoms with Crippen LogP contribution in [-0.4, -0.2) is 17.2 Å². The first kappa shape index (κ1) is 7.58. The average Bonchev–Trinajstić information content (AvgIpc) is 2.59. The number of Topliss-reactive ketones (excluding diaryl/α,β-unsaturated/α-hetero) is 2. The standard InChI is InChI=1S/C8H10N2O2/c1-7(2)3-5(11)8(9-10-8)6(12)4-7/h3-4H2,1-2H3. The largest absolute Gasteiger partial charge is 0.305 e. The average molecular weight is 166 g/mol. The van der Waals surface area contributed by atoms with Crippen LogP contribution >= 0.6 is 0 Å². The summed E-state index contributed by atoms with van der Waals surface area (Å²) in [5, 5.41) is 7.09. The highest BCUT2D eigenvalue weighted by Gasteiger charge is 2.59. The van der Waals surface area contributed by atoms with Crippen LogP contribution in [0.2, 0.25) is 0 Å². The van der Waals surface area contributed by atoms with Gasteiger partial charge in [0.25, 0.3) is 0 Å². The molecule has 1 fully saturated rings. The molecule has 12 heavy (non-hydrogen) atoms. The van der Waals surface area contributed by atoms with E-state index in [4.69, 9.17) is 0 Å². The molecule has 0 unspecified atom stereocenters. The first-order valence-corrected chi connectivity index (χ1v) is 3.97. The Balaban J connectivity index is 2.27. The van der Waals surface area contributed by atoms with Crippen molar-refractivity contribution in [1.29, 1.82) is 0 Å². The van der Waals surface area contributed by atoms with Gasteiger partial charge in [-0.25, -0.2) is 0 Å². The minimum atomic E-state index is -1.23. The smallest absolute Gasteiger partial charge is 0.294 e. The van der Waals surface area contributed by atoms with E-state index in [1.54, 1.807) is 0 Å². The van der Waals surface area contributed by atoms with Crippen molar-refractivity contribution in [1.82, 2.24) is 0 Å². The maximum atomic E-state index is 11.4. The van der Waals surface area contributed by atoms with Crippen LogP contribution in [0.15, 0.2) is 10.2 Å². The Morgan fingerprint density at radius 1 is 1.08 bits per heavy atom. The van der Waals surface area contributed by atoms with E-state index in [0.29, 0.717) is 12.8 Å². The Hall–Kier alpha value is -1.06. The van der Waals surface area contributed by atoms with Crippen molar-refractivity contribution >= 4 is 11.6 Å². The lowest BCUT2D eigenvalue weighted by Crippen LogP contribution is -2.44. The Morgan fingerprint density at radius 2 is 1.50 bits per heavy atom. The summed E-state index contributed by atoms with van der Waals surface area (Å²) in [5.74, 6) is -0.271. The minimum absolute atomic E-state index is 0.135. The lowest BCUT2D eigenvalue weighted by Gasteiger charge is -2.29. The highest BCUT2D eigenvalue weighted by Crippen LogP contribution is 2.43. The molecule has 2 rings (SSSR count). The molecule has 1 spiro atoms. The Morgan fingerprint density at radius 3 is 1.83 bits per heavy atom. The summed E-state index contributed by atoms with van der Waals surface area (Å²) in [4.78, 5) is 22.8. The highest BCUT2D eigenvalue weighted by atomic mass is 16.2. The van der Waals surface area contributed by atoms with E-state index in [9.17, 15) is 9.59 Å². The zero-order valence-electron chi connectivity index (χ0n) is 7.13. The molecule has 0 bridgehead atoms. The molecular weight excluding hydrogens is 156 g/mol. The summed E-state index contributed by atoms with van der Waals surface area (Å²) in [5.41, 5.74) is -1.43. The van der Waals surface area contributed by atoms with Crippen molar-refractivity contribution in [2.75, 3.05) is 0 Å². The van der Waals surface area contributed by atoms with Crippen LogP contribution in [0.4, 0.5) is 0 Å². The number of ketones is 2. The van der Waals surface area contributed by atoms with Crippen LogP contribution in [0.1, 0.15) is 26.7 Å². The molecule has 0 aromatic carbocycles. The third-order valence-corrected chi connectivity index (χ3v) is 2.36. The first-order chi connectivity index (χ1) is 5.46. The molecule has 1 saturated carbocycles. The predicted molar refractivity (Wildman–Crippen MR) is 40.6 cm³/mol. The Kier molecular flexibility index (Phi) is 1.14. The van der Waals surface area contributed by atoms with Gasteiger partial charge in [-0.3, -0.25) is 9.59 Å². The topological polar surface area (TPSA) is 58.9 Å². The lowest BCUT2D eigenvalue weighted by atomic mass is 9.73. The summed E-state index contributed by atoms with van der Waals surface area (Å²) in [7, 11) is 0. The molecule has 4 heteroatoms. The fourth-order valence-corrected chi connectivity index (χ4v) is 1.61. The van der Waals surface area contributed by atoms with Crippen molar-refractivity contribution in [2.45, 2.75) is 32.4 Å². The van der Waals surface area contributed by atoms with Gasteiger partial charge in [-0.1, -0.05) is 13.8 Å². The van der Waals surface area contributed by atoms with E-state index in [2.05, 4.69) is 10.2 Å². The van der Waals surface area contributed by atoms with Crippen LogP contribution in [0, 0.1) is 5.41 Å². The van der Waals surface area contributed by atoms with E-state index < -0.39 is 5.66 Å². The van der Waals surface area contributed by atoms with Crippen LogP contribution in [-0.2, 0) is 9.59 Å². The van der Waals surface area contributed by atoms with Crippen LogP contribution in [0.5, 0.6) is 0 Å². The number of carbonyl (C=O) groups excluding carboxylic acids is 2. The highest BCUT2D eigenvalue weighted by molar-refractivity contribution is 6.15. The van der Waals surface area contributed by atoms with E-state index in [1.807, 2.05) is 13.8 Å². The monoisotopic (exact) mass is 166 g/mol. The SMILES string of the molecule is CC1(C)CC(=O)C2(N=N2)C(=O)C1. The summed E-state index contributed by atoms with van der Waals surface area (Å²) < 4.78 is 0. The van der Waals surface area contributed by atoms with Gasteiger partial charge in [0.2, 0.25) is 0 Å². The summed E-state index contributed by atoms with van der Waals surface area (Å²) in [6, 6.07) is 0. The van der Waals surface area contributed by atoms with Gasteiger partial charge in [0.05, 0.1) is 0 Å². The molecule has 0 radical (unpaired) electrons. The van der Waals surface area contributed by atoms with Gasteiger partial charge in [0, 0.05) is 12.8 Å². The van der Waals surface area contributed by atoms with Crippen molar-refractivity contribution in [3.8, 4) is 0 Å². The van der Waals surface area contributed by atoms with Gasteiger partial charge in [-0.05, 0) is 5.41 Å². The van der Waals surface area contributed by atoms with Gasteiger partial charge < -0.3 is 0 Å². The van der Waals surface area contributed by atoms with E-state index >= 15 is 0 Å². The van der Waals surface area contributed by atoms with Crippen LogP contribution in [0.25, 0.3) is 0 Å². The molecular formula is C8H10N2O2. The molecule has 1 heterocycles. The fourth-order valence-electron chi connectivity index (χ4n) is 1.61. The van der Waals surface area contributed by atoms with Crippen LogP contribution in [0.3, 0.4) is 0 Å². The summed E-state index contributed by atoms with van der Waals surface area (Å²) in [6.45, 7) is 3.83. The van der Waals surface area contributed by atoms with Crippen molar-refractivity contribution in [2.24, 2.45) is 15.6 Å². The third-order valence-electron chi connectivity index (χ3n) is 2.36. The molecule has 0 saturated heterocycles. The molecule has 0 aromatic rings. The molecule has 0 amide bonds. The fraction of sp³-hybridized carbons (Fsp3) is 0.750. The summed E-state index contributed by atoms with van der Waals surface area (Å²) in [6.07, 6.45) is 0.817. The minimum Gasteiger partial charge on any atom is -0.294 e. The van der Waals surface area contributed by atoms with Crippen molar-refractivity contribution < 1.29 is 9.59 Å². The Bertz CT molecular complexity index is 276. The lowest BCUT2D eigenvalue weighted by molar-refractivity contribution is -0.137. The first-order valence-electron chi connectivity index (χ1n) is 3.97. The zero-order chi connectivity index (χ0) is 8.98. The number of carbonyl (C=O) groups is 2. The van der Waals surface area contributed by atoms with E-state index in [0.717, 1.165) is 0 Å². The van der Waals surface area contributed by atoms with Gasteiger partial charge in [-0.15, -0.1) is 10.2 Å². The molecule has 64 valence electrons. The second-order valence-corrected chi connectivity index (χ2v) is 4.24. The number of rotatable bonds is 0. The maximum Gasteiger partial charge on any atom is 0.305 e. The molecule has 1 aliphatic heterocycles. The third kappa shape index (κ3) is 0.838. The molecule has 0 N–H and O–H groups in total. The number of hydrogen-bond acceptors (Lipinski definition) is 4. The number of nitrogens with zero attached hydrogens (tertiary/aromatic N) is 2. The zero-order valence-corrected chi connectivity index (χ0v) is 7.13. The molecule has 0 aromatic heterocycles. The van der Waals surface area contributed by atoms with Crippen molar-refractivity contribution in [3.63, 3.8) is 0 Å². The second kappa shape index (κ2) is 1.81. The maximum absolute atomic E-state index is 11.4. The Labute approximate surface area is 70.1 Å². The normalized spacial score (nSPS) is 29.5. The predicted octanol–water partition coefficient (Wildman–Crippen LogP) is 1.11. The molecule has 1 aliphatic carbocycles. The van der Waals surface area contributed by atoms with E-state index in [-0.39, 0.29) is 17.0 Å².